The van der Waals surface area contributed by atoms with Gasteiger partial charge in [-0.05, 0) is 26.6 Å². The third-order valence-corrected chi connectivity index (χ3v) is 6.84. The van der Waals surface area contributed by atoms with Gasteiger partial charge in [-0.1, -0.05) is 19.1 Å². The third-order valence-electron chi connectivity index (χ3n) is 5.78. The molecule has 0 spiro atoms. The molecule has 0 aromatic heterocycles. The van der Waals surface area contributed by atoms with Gasteiger partial charge < -0.3 is 29.2 Å². The van der Waals surface area contributed by atoms with Gasteiger partial charge >= 0.3 is 26.2 Å². The van der Waals surface area contributed by atoms with Crippen LogP contribution in [0.5, 0.6) is 0 Å². The van der Waals surface area contributed by atoms with Gasteiger partial charge in [-0.2, -0.15) is 12.1 Å². The zero-order chi connectivity index (χ0) is 19.2. The number of hydrogen-bond donors (Lipinski definition) is 0. The van der Waals surface area contributed by atoms with Crippen molar-refractivity contribution in [3.05, 3.63) is 83.9 Å². The van der Waals surface area contributed by atoms with Gasteiger partial charge in [0.1, 0.15) is 0 Å². The molecule has 0 saturated heterocycles. The molecule has 1 atom stereocenters. The summed E-state index contributed by atoms with van der Waals surface area (Å²) in [5, 5.41) is 5.20. The normalized spacial score (nSPS) is 12.7. The molecule has 0 aliphatic heterocycles. The number of benzene rings is 2. The molecule has 4 rings (SSSR count). The smallest absolute Gasteiger partial charge is 1.00 e. The van der Waals surface area contributed by atoms with E-state index in [-0.39, 0.29) is 62.5 Å². The van der Waals surface area contributed by atoms with Crippen molar-refractivity contribution in [3.8, 4) is 0 Å². The van der Waals surface area contributed by atoms with Crippen LogP contribution < -0.4 is 24.8 Å². The van der Waals surface area contributed by atoms with Crippen LogP contribution in [0, 0.1) is 0 Å². The van der Waals surface area contributed by atoms with Gasteiger partial charge in [0.05, 0.1) is 6.10 Å². The molecule has 0 radical (unpaired) electrons. The Bertz CT molecular complexity index is 953. The Morgan fingerprint density at radius 3 is 1.57 bits per heavy atom. The predicted octanol–water partition coefficient (Wildman–Crippen LogP) is 0.982. The van der Waals surface area contributed by atoms with E-state index in [9.17, 15) is 0 Å². The van der Waals surface area contributed by atoms with E-state index < -0.39 is 8.32 Å². The summed E-state index contributed by atoms with van der Waals surface area (Å²) in [4.78, 5) is 0. The summed E-state index contributed by atoms with van der Waals surface area (Å²) in [5.41, 5.74) is 2.48. The molecule has 4 aromatic carbocycles. The molecule has 1 unspecified atom stereocenters. The van der Waals surface area contributed by atoms with Crippen molar-refractivity contribution >= 4 is 29.9 Å². The van der Waals surface area contributed by atoms with Crippen LogP contribution in [0.15, 0.2) is 72.8 Å². The minimum atomic E-state index is -1.67. The van der Waals surface area contributed by atoms with Crippen molar-refractivity contribution in [1.29, 1.82) is 0 Å². The molecule has 0 aliphatic carbocycles. The largest absolute Gasteiger partial charge is 4.00 e. The fourth-order valence-corrected chi connectivity index (χ4v) is 5.48. The molecule has 4 aromatic rings. The first-order valence-electron chi connectivity index (χ1n) is 9.77. The molecule has 0 heterocycles. The van der Waals surface area contributed by atoms with Crippen molar-refractivity contribution in [2.24, 2.45) is 0 Å². The van der Waals surface area contributed by atoms with E-state index in [1.807, 2.05) is 0 Å². The van der Waals surface area contributed by atoms with Gasteiger partial charge in [0.2, 0.25) is 0 Å². The van der Waals surface area contributed by atoms with Crippen LogP contribution in [0.4, 0.5) is 0 Å². The molecule has 156 valence electrons. The Morgan fingerprint density at radius 1 is 0.800 bits per heavy atom. The van der Waals surface area contributed by atoms with Crippen molar-refractivity contribution in [3.63, 3.8) is 0 Å². The summed E-state index contributed by atoms with van der Waals surface area (Å²) in [6.07, 6.45) is 0.0952. The van der Waals surface area contributed by atoms with Crippen LogP contribution >= 0.6 is 0 Å². The van der Waals surface area contributed by atoms with Gasteiger partial charge in [0.15, 0.2) is 8.32 Å². The summed E-state index contributed by atoms with van der Waals surface area (Å²) < 4.78 is 6.64. The second-order valence-corrected chi connectivity index (χ2v) is 13.3. The van der Waals surface area contributed by atoms with E-state index in [1.54, 1.807) is 0 Å². The van der Waals surface area contributed by atoms with E-state index in [0.29, 0.717) is 0 Å². The van der Waals surface area contributed by atoms with Crippen LogP contribution in [0.25, 0.3) is 21.5 Å². The Kier molecular flexibility index (Phi) is 9.36. The number of hydrogen-bond acceptors (Lipinski definition) is 1. The second-order valence-electron chi connectivity index (χ2n) is 8.82. The molecule has 1 nitrogen and oxygen atoms in total. The van der Waals surface area contributed by atoms with Gasteiger partial charge in [-0.3, -0.25) is 0 Å². The number of halogens is 2. The third kappa shape index (κ3) is 5.19. The minimum Gasteiger partial charge on any atom is -1.00 e. The SMILES string of the molecule is CC(O[Si](C)(C)C)C(C)(c1cc2ccccc2[cH-]1)c1cc2ccccc2[cH-]1.[Cl-].[Cl-].[Zr+4]. The van der Waals surface area contributed by atoms with E-state index in [0.717, 1.165) is 0 Å². The average molecular weight is 535 g/mol. The van der Waals surface area contributed by atoms with Crippen LogP contribution in [-0.2, 0) is 36.0 Å². The molecule has 5 heteroatoms. The van der Waals surface area contributed by atoms with Gasteiger partial charge in [-0.25, -0.2) is 0 Å². The molecule has 0 amide bonds. The molecule has 30 heavy (non-hydrogen) atoms. The van der Waals surface area contributed by atoms with Crippen molar-refractivity contribution in [2.75, 3.05) is 0 Å². The monoisotopic (exact) mass is 532 g/mol. The molecular formula is C25H28Cl2OSiZr. The van der Waals surface area contributed by atoms with Crippen LogP contribution in [0.3, 0.4) is 0 Å². The summed E-state index contributed by atoms with van der Waals surface area (Å²) in [7, 11) is -1.67. The van der Waals surface area contributed by atoms with Crippen molar-refractivity contribution in [1.82, 2.24) is 0 Å². The fraction of sp³-hybridized carbons (Fsp3) is 0.280. The maximum Gasteiger partial charge on any atom is 4.00 e. The average Bonchev–Trinajstić information content (AvgIpc) is 3.23. The van der Waals surface area contributed by atoms with E-state index in [1.165, 1.54) is 32.7 Å². The maximum atomic E-state index is 6.64. The van der Waals surface area contributed by atoms with Crippen LogP contribution in [-0.4, -0.2) is 14.4 Å². The first-order valence-corrected chi connectivity index (χ1v) is 13.2. The summed E-state index contributed by atoms with van der Waals surface area (Å²) in [6, 6.07) is 26.6. The molecular weight excluding hydrogens is 506 g/mol. The first-order chi connectivity index (χ1) is 12.8. The molecule has 0 saturated carbocycles. The first kappa shape index (κ1) is 27.3. The van der Waals surface area contributed by atoms with Crippen molar-refractivity contribution in [2.45, 2.75) is 45.0 Å². The molecule has 0 bridgehead atoms. The second kappa shape index (κ2) is 10.3. The Labute approximate surface area is 213 Å². The van der Waals surface area contributed by atoms with E-state index in [4.69, 9.17) is 4.43 Å². The number of rotatable bonds is 5. The van der Waals surface area contributed by atoms with E-state index >= 15 is 0 Å². The molecule has 0 N–H and O–H groups in total. The van der Waals surface area contributed by atoms with Gasteiger partial charge in [0, 0.05) is 5.41 Å². The van der Waals surface area contributed by atoms with Gasteiger partial charge in [0.25, 0.3) is 0 Å². The zero-order valence-corrected chi connectivity index (χ0v) is 23.1. The standard InChI is InChI=1S/C25H28OSi.2ClH.Zr/c1-18(26-27(3,4)5)25(2,23-14-19-10-6-7-11-20(19)15-23)24-16-21-12-8-9-13-22(21)17-24;;;/h6-18H,1-5H3;2*1H;/q-2;;;+4/p-2. The predicted molar refractivity (Wildman–Crippen MR) is 119 cm³/mol. The number of fused-ring (bicyclic) bond motifs is 2. The molecule has 0 fully saturated rings. The van der Waals surface area contributed by atoms with Crippen molar-refractivity contribution < 1.29 is 55.4 Å². The minimum absolute atomic E-state index is 0. The summed E-state index contributed by atoms with van der Waals surface area (Å²) in [5.74, 6) is 0. The fourth-order valence-electron chi connectivity index (χ4n) is 4.18. The summed E-state index contributed by atoms with van der Waals surface area (Å²) in [6.45, 7) is 11.4. The van der Waals surface area contributed by atoms with E-state index in [2.05, 4.69) is 106 Å². The van der Waals surface area contributed by atoms with Crippen LogP contribution in [0.2, 0.25) is 19.6 Å². The topological polar surface area (TPSA) is 9.23 Å². The Hall–Kier alpha value is -0.700. The Morgan fingerprint density at radius 2 is 1.20 bits per heavy atom. The van der Waals surface area contributed by atoms with Gasteiger partial charge in [-0.15, -0.1) is 81.2 Å². The maximum absolute atomic E-state index is 6.64. The summed E-state index contributed by atoms with van der Waals surface area (Å²) >= 11 is 0. The quantitative estimate of drug-likeness (QED) is 0.274. The zero-order valence-electron chi connectivity index (χ0n) is 18.2. The Balaban J connectivity index is 0.00000150. The molecule has 0 aliphatic rings. The van der Waals surface area contributed by atoms with Crippen LogP contribution in [0.1, 0.15) is 25.0 Å².